The van der Waals surface area contributed by atoms with Crippen molar-refractivity contribution in [2.75, 3.05) is 5.32 Å². The van der Waals surface area contributed by atoms with E-state index in [1.165, 1.54) is 5.56 Å². The first kappa shape index (κ1) is 11.0. The topological polar surface area (TPSA) is 12.0 Å². The maximum absolute atomic E-state index is 3.85. The molecule has 1 aromatic carbocycles. The summed E-state index contributed by atoms with van der Waals surface area (Å²) in [6, 6.07) is 6.03. The molecule has 57 valence electrons. The second-order valence-electron chi connectivity index (χ2n) is 2.34. The first-order chi connectivity index (χ1) is 4.74. The summed E-state index contributed by atoms with van der Waals surface area (Å²) < 4.78 is 0. The zero-order valence-electron chi connectivity index (χ0n) is 6.72. The van der Waals surface area contributed by atoms with Gasteiger partial charge in [-0.2, -0.15) is 18.6 Å². The number of benzene rings is 1. The fourth-order valence-corrected chi connectivity index (χ4v) is 0.895. The molecule has 0 amide bonds. The van der Waals surface area contributed by atoms with E-state index < -0.39 is 0 Å². The van der Waals surface area contributed by atoms with Gasteiger partial charge in [0.05, 0.1) is 0 Å². The molecule has 1 rings (SSSR count). The number of hydrogen-bond acceptors (Lipinski definition) is 1. The Labute approximate surface area is 93.5 Å². The maximum Gasteiger partial charge on any atom is 0 e. The minimum absolute atomic E-state index is 0. The Hall–Kier alpha value is -0.00610. The molecule has 0 atom stereocenters. The van der Waals surface area contributed by atoms with Crippen molar-refractivity contribution in [3.05, 3.63) is 43.3 Å². The molecule has 1 N–H and O–H groups in total. The van der Waals surface area contributed by atoms with Gasteiger partial charge in [0, 0.05) is 32.7 Å². The largest absolute Gasteiger partial charge is 0.590 e. The van der Waals surface area contributed by atoms with Crippen LogP contribution in [0.3, 0.4) is 0 Å². The van der Waals surface area contributed by atoms with Crippen molar-refractivity contribution in [2.45, 2.75) is 6.92 Å². The van der Waals surface area contributed by atoms with E-state index in [4.69, 9.17) is 0 Å². The Balaban J connectivity index is 0.000001000. The van der Waals surface area contributed by atoms with Crippen molar-refractivity contribution in [2.24, 2.45) is 0 Å². The Bertz CT molecular complexity index is 233. The third kappa shape index (κ3) is 2.84. The van der Waals surface area contributed by atoms with Crippen LogP contribution in [0.25, 0.3) is 0 Å². The van der Waals surface area contributed by atoms with E-state index in [1.807, 2.05) is 25.1 Å². The zero-order chi connectivity index (χ0) is 7.56. The molecule has 0 aliphatic rings. The Morgan fingerprint density at radius 3 is 2.45 bits per heavy atom. The van der Waals surface area contributed by atoms with Crippen LogP contribution in [0.1, 0.15) is 11.1 Å². The van der Waals surface area contributed by atoms with Crippen LogP contribution in [0, 0.1) is 20.9 Å². The second kappa shape index (κ2) is 4.79. The fraction of sp³-hybridized carbons (Fsp3) is 0.111. The second-order valence-corrected chi connectivity index (χ2v) is 2.34. The Morgan fingerprint density at radius 1 is 1.36 bits per heavy atom. The van der Waals surface area contributed by atoms with E-state index >= 15 is 0 Å². The predicted octanol–water partition coefficient (Wildman–Crippen LogP) is 2.38. The minimum Gasteiger partial charge on any atom is -0.590 e. The van der Waals surface area contributed by atoms with Gasteiger partial charge in [0.15, 0.2) is 0 Å². The summed E-state index contributed by atoms with van der Waals surface area (Å²) in [6.45, 7) is 5.89. The van der Waals surface area contributed by atoms with E-state index in [-0.39, 0.29) is 32.7 Å². The van der Waals surface area contributed by atoms with E-state index in [0.29, 0.717) is 0 Å². The van der Waals surface area contributed by atoms with Crippen LogP contribution in [0.2, 0.25) is 0 Å². The predicted molar refractivity (Wildman–Crippen MR) is 44.6 cm³/mol. The summed E-state index contributed by atoms with van der Waals surface area (Å²) in [5.74, 6) is 0. The van der Waals surface area contributed by atoms with E-state index in [0.717, 1.165) is 11.3 Å². The van der Waals surface area contributed by atoms with Crippen LogP contribution in [-0.4, -0.2) is 0 Å². The number of nitrogens with one attached hydrogen (secondary N) is 1. The van der Waals surface area contributed by atoms with Crippen molar-refractivity contribution in [1.82, 2.24) is 0 Å². The van der Waals surface area contributed by atoms with Gasteiger partial charge in [0.2, 0.25) is 0 Å². The van der Waals surface area contributed by atoms with Gasteiger partial charge < -0.3 is 5.32 Å². The van der Waals surface area contributed by atoms with Gasteiger partial charge in [-0.05, 0) is 0 Å². The standard InChI is InChI=1S/C9H11N.Y/c1-7-4-5-9(10-3)8(2)6-7;/h4-6,10H,2-3H2,1H3;/q-2;. The summed E-state index contributed by atoms with van der Waals surface area (Å²) in [4.78, 5) is 0. The van der Waals surface area contributed by atoms with Crippen LogP contribution in [0.5, 0.6) is 0 Å². The molecule has 1 nitrogen and oxygen atoms in total. The molecule has 0 spiro atoms. The molecule has 2 heteroatoms. The third-order valence-corrected chi connectivity index (χ3v) is 1.45. The molecule has 0 heterocycles. The normalized spacial score (nSPS) is 8.55. The summed E-state index contributed by atoms with van der Waals surface area (Å²) in [6.07, 6.45) is 0. The molecule has 0 saturated heterocycles. The van der Waals surface area contributed by atoms with Crippen LogP contribution < -0.4 is 5.32 Å². The molecule has 0 unspecified atom stereocenters. The molecular formula is C9H11NY-2. The quantitative estimate of drug-likeness (QED) is 0.719. The van der Waals surface area contributed by atoms with Crippen molar-refractivity contribution in [1.29, 1.82) is 0 Å². The number of aryl methyl sites for hydroxylation is 1. The molecule has 0 aliphatic carbocycles. The molecule has 0 bridgehead atoms. The zero-order valence-corrected chi connectivity index (χ0v) is 9.56. The van der Waals surface area contributed by atoms with Gasteiger partial charge in [0.1, 0.15) is 0 Å². The molecule has 0 aromatic heterocycles. The number of hydrogen-bond donors (Lipinski definition) is 1. The van der Waals surface area contributed by atoms with Crippen molar-refractivity contribution in [3.63, 3.8) is 0 Å². The Morgan fingerprint density at radius 2 is 2.00 bits per heavy atom. The fourth-order valence-electron chi connectivity index (χ4n) is 0.895. The van der Waals surface area contributed by atoms with Gasteiger partial charge in [0.25, 0.3) is 0 Å². The molecule has 1 aromatic rings. The van der Waals surface area contributed by atoms with Gasteiger partial charge in [-0.1, -0.05) is 24.7 Å². The van der Waals surface area contributed by atoms with Crippen LogP contribution in [0.4, 0.5) is 5.69 Å². The monoisotopic (exact) mass is 222 g/mol. The van der Waals surface area contributed by atoms with Crippen LogP contribution in [0.15, 0.2) is 18.2 Å². The SMILES string of the molecule is [CH2-]Nc1ccc(C)cc1[CH2-].[Y]. The Kier molecular flexibility index (Phi) is 4.79. The average molecular weight is 222 g/mol. The molecular weight excluding hydrogens is 211 g/mol. The van der Waals surface area contributed by atoms with Gasteiger partial charge in [-0.15, -0.1) is 5.56 Å². The van der Waals surface area contributed by atoms with Crippen molar-refractivity contribution in [3.8, 4) is 0 Å². The van der Waals surface area contributed by atoms with Gasteiger partial charge >= 0.3 is 0 Å². The summed E-state index contributed by atoms with van der Waals surface area (Å²) in [7, 11) is 3.56. The van der Waals surface area contributed by atoms with Gasteiger partial charge in [-0.3, -0.25) is 7.05 Å². The van der Waals surface area contributed by atoms with Gasteiger partial charge in [-0.25, -0.2) is 0 Å². The van der Waals surface area contributed by atoms with E-state index in [1.54, 1.807) is 0 Å². The summed E-state index contributed by atoms with van der Waals surface area (Å²) in [5, 5.41) is 2.81. The maximum atomic E-state index is 3.85. The van der Waals surface area contributed by atoms with Crippen LogP contribution >= 0.6 is 0 Å². The third-order valence-electron chi connectivity index (χ3n) is 1.45. The molecule has 0 saturated carbocycles. The average Bonchev–Trinajstić information content (AvgIpc) is 1.88. The minimum atomic E-state index is 0. The van der Waals surface area contributed by atoms with Crippen molar-refractivity contribution >= 4 is 5.69 Å². The first-order valence-corrected chi connectivity index (χ1v) is 3.20. The molecule has 1 radical (unpaired) electrons. The van der Waals surface area contributed by atoms with Crippen LogP contribution in [-0.2, 0) is 32.7 Å². The smallest absolute Gasteiger partial charge is 0 e. The van der Waals surface area contributed by atoms with E-state index in [9.17, 15) is 0 Å². The summed E-state index contributed by atoms with van der Waals surface area (Å²) >= 11 is 0. The molecule has 11 heavy (non-hydrogen) atoms. The number of rotatable bonds is 1. The first-order valence-electron chi connectivity index (χ1n) is 3.20. The number of anilines is 1. The van der Waals surface area contributed by atoms with E-state index in [2.05, 4.69) is 19.3 Å². The van der Waals surface area contributed by atoms with Crippen molar-refractivity contribution < 1.29 is 32.7 Å². The molecule has 0 aliphatic heterocycles. The molecule has 0 fully saturated rings. The summed E-state index contributed by atoms with van der Waals surface area (Å²) in [5.41, 5.74) is 3.21.